The number of hydrogen-bond acceptors (Lipinski definition) is 1. The molecular formula is C29H24O. The molecule has 1 heteroatoms. The molecule has 0 saturated heterocycles. The summed E-state index contributed by atoms with van der Waals surface area (Å²) in [6.07, 6.45) is 2.16. The summed E-state index contributed by atoms with van der Waals surface area (Å²) in [6, 6.07) is 33.1. The van der Waals surface area contributed by atoms with E-state index in [0.717, 1.165) is 33.8 Å². The second kappa shape index (κ2) is 9.16. The van der Waals surface area contributed by atoms with E-state index in [4.69, 9.17) is 4.42 Å². The molecule has 0 bridgehead atoms. The summed E-state index contributed by atoms with van der Waals surface area (Å²) in [5.41, 5.74) is 5.51. The lowest BCUT2D eigenvalue weighted by Gasteiger charge is -2.16. The molecule has 146 valence electrons. The first-order chi connectivity index (χ1) is 14.7. The topological polar surface area (TPSA) is 13.1 Å². The van der Waals surface area contributed by atoms with Gasteiger partial charge in [-0.15, -0.1) is 0 Å². The highest BCUT2D eigenvalue weighted by Crippen LogP contribution is 2.34. The molecule has 4 aromatic rings. The Bertz CT molecular complexity index is 1180. The molecule has 0 amide bonds. The van der Waals surface area contributed by atoms with Crippen molar-refractivity contribution in [2.75, 3.05) is 0 Å². The molecule has 0 spiro atoms. The Morgan fingerprint density at radius 2 is 1.43 bits per heavy atom. The average molecular weight is 389 g/mol. The fraction of sp³-hybridized carbons (Fsp3) is 0.103. The average Bonchev–Trinajstić information content (AvgIpc) is 3.20. The normalized spacial score (nSPS) is 12.1. The van der Waals surface area contributed by atoms with Crippen LogP contribution in [0.3, 0.4) is 0 Å². The zero-order valence-electron chi connectivity index (χ0n) is 17.3. The van der Waals surface area contributed by atoms with Crippen LogP contribution < -0.4 is 0 Å². The highest BCUT2D eigenvalue weighted by atomic mass is 16.3. The van der Waals surface area contributed by atoms with Crippen molar-refractivity contribution in [2.45, 2.75) is 19.8 Å². The lowest BCUT2D eigenvalue weighted by atomic mass is 9.87. The highest BCUT2D eigenvalue weighted by molar-refractivity contribution is 5.64. The summed E-state index contributed by atoms with van der Waals surface area (Å²) < 4.78 is 6.08. The van der Waals surface area contributed by atoms with E-state index in [-0.39, 0.29) is 5.92 Å². The van der Waals surface area contributed by atoms with Gasteiger partial charge in [-0.2, -0.15) is 0 Å². The van der Waals surface area contributed by atoms with Crippen molar-refractivity contribution in [1.82, 2.24) is 0 Å². The Hall–Kier alpha value is -3.76. The van der Waals surface area contributed by atoms with Gasteiger partial charge < -0.3 is 4.42 Å². The SMILES string of the molecule is Cc1ccc(C#C/C(=C\c2ccccc2)C(c2ccccc2)c2ccc(C)o2)cc1. The van der Waals surface area contributed by atoms with E-state index >= 15 is 0 Å². The minimum atomic E-state index is -0.0712. The number of rotatable bonds is 4. The molecule has 30 heavy (non-hydrogen) atoms. The maximum Gasteiger partial charge on any atom is 0.116 e. The Balaban J connectivity index is 1.86. The van der Waals surface area contributed by atoms with Crippen molar-refractivity contribution in [3.8, 4) is 11.8 Å². The Labute approximate surface area is 178 Å². The second-order valence-corrected chi connectivity index (χ2v) is 7.42. The molecule has 0 saturated carbocycles. The number of allylic oxidation sites excluding steroid dienone is 1. The number of benzene rings is 3. The van der Waals surface area contributed by atoms with Gasteiger partial charge in [-0.1, -0.05) is 90.2 Å². The molecule has 3 aromatic carbocycles. The molecule has 1 unspecified atom stereocenters. The van der Waals surface area contributed by atoms with Crippen LogP contribution in [0.1, 0.15) is 39.7 Å². The van der Waals surface area contributed by atoms with Crippen LogP contribution >= 0.6 is 0 Å². The lowest BCUT2D eigenvalue weighted by Crippen LogP contribution is -2.03. The van der Waals surface area contributed by atoms with Crippen molar-refractivity contribution in [2.24, 2.45) is 0 Å². The maximum atomic E-state index is 6.08. The van der Waals surface area contributed by atoms with E-state index < -0.39 is 0 Å². The van der Waals surface area contributed by atoms with Gasteiger partial charge in [0.2, 0.25) is 0 Å². The van der Waals surface area contributed by atoms with E-state index in [1.54, 1.807) is 0 Å². The van der Waals surface area contributed by atoms with Gasteiger partial charge in [0.15, 0.2) is 0 Å². The van der Waals surface area contributed by atoms with E-state index in [9.17, 15) is 0 Å². The third-order valence-electron chi connectivity index (χ3n) is 5.01. The Morgan fingerprint density at radius 3 is 2.07 bits per heavy atom. The van der Waals surface area contributed by atoms with Gasteiger partial charge in [-0.25, -0.2) is 0 Å². The van der Waals surface area contributed by atoms with Crippen LogP contribution in [-0.4, -0.2) is 0 Å². The largest absolute Gasteiger partial charge is 0.465 e. The first-order valence-electron chi connectivity index (χ1n) is 10.2. The fourth-order valence-corrected chi connectivity index (χ4v) is 3.45. The molecule has 4 rings (SSSR count). The van der Waals surface area contributed by atoms with Crippen LogP contribution in [-0.2, 0) is 0 Å². The minimum Gasteiger partial charge on any atom is -0.465 e. The molecule has 0 aliphatic rings. The van der Waals surface area contributed by atoms with Crippen LogP contribution in [0.4, 0.5) is 0 Å². The molecular weight excluding hydrogens is 364 g/mol. The number of furan rings is 1. The standard InChI is InChI=1S/C29H24O/c1-22-13-16-24(17-14-22)18-19-27(21-25-9-5-3-6-10-25)29(26-11-7-4-8-12-26)28-20-15-23(2)30-28/h3-17,20-21,29H,1-2H3/b27-21+. The second-order valence-electron chi connectivity index (χ2n) is 7.42. The summed E-state index contributed by atoms with van der Waals surface area (Å²) in [7, 11) is 0. The zero-order valence-corrected chi connectivity index (χ0v) is 17.3. The molecule has 0 fully saturated rings. The minimum absolute atomic E-state index is 0.0712. The van der Waals surface area contributed by atoms with E-state index in [2.05, 4.69) is 91.6 Å². The van der Waals surface area contributed by atoms with Gasteiger partial charge in [0.25, 0.3) is 0 Å². The third-order valence-corrected chi connectivity index (χ3v) is 5.01. The first kappa shape index (κ1) is 19.6. The van der Waals surface area contributed by atoms with Crippen molar-refractivity contribution < 1.29 is 4.42 Å². The van der Waals surface area contributed by atoms with Crippen LogP contribution in [0, 0.1) is 25.7 Å². The van der Waals surface area contributed by atoms with Crippen molar-refractivity contribution >= 4 is 6.08 Å². The van der Waals surface area contributed by atoms with Crippen LogP contribution in [0.25, 0.3) is 6.08 Å². The summed E-state index contributed by atoms with van der Waals surface area (Å²) >= 11 is 0. The lowest BCUT2D eigenvalue weighted by molar-refractivity contribution is 0.478. The Morgan fingerprint density at radius 1 is 0.767 bits per heavy atom. The van der Waals surface area contributed by atoms with E-state index in [1.165, 1.54) is 5.56 Å². The molecule has 1 atom stereocenters. The molecule has 0 aliphatic carbocycles. The monoisotopic (exact) mass is 388 g/mol. The molecule has 0 radical (unpaired) electrons. The zero-order chi connectivity index (χ0) is 20.8. The summed E-state index contributed by atoms with van der Waals surface area (Å²) in [5, 5.41) is 0. The van der Waals surface area contributed by atoms with Gasteiger partial charge in [0.05, 0.1) is 5.92 Å². The number of aryl methyl sites for hydroxylation is 2. The van der Waals surface area contributed by atoms with Gasteiger partial charge in [-0.3, -0.25) is 0 Å². The molecule has 0 N–H and O–H groups in total. The number of hydrogen-bond donors (Lipinski definition) is 0. The molecule has 0 aliphatic heterocycles. The smallest absolute Gasteiger partial charge is 0.116 e. The maximum absolute atomic E-state index is 6.08. The van der Waals surface area contributed by atoms with Crippen LogP contribution in [0.2, 0.25) is 0 Å². The van der Waals surface area contributed by atoms with Gasteiger partial charge in [0.1, 0.15) is 11.5 Å². The molecule has 1 nitrogen and oxygen atoms in total. The molecule has 1 heterocycles. The fourth-order valence-electron chi connectivity index (χ4n) is 3.45. The van der Waals surface area contributed by atoms with Crippen molar-refractivity contribution in [3.63, 3.8) is 0 Å². The van der Waals surface area contributed by atoms with Gasteiger partial charge in [0, 0.05) is 11.1 Å². The van der Waals surface area contributed by atoms with Crippen molar-refractivity contribution in [1.29, 1.82) is 0 Å². The quantitative estimate of drug-likeness (QED) is 0.338. The van der Waals surface area contributed by atoms with E-state index in [1.807, 2.05) is 37.3 Å². The van der Waals surface area contributed by atoms with E-state index in [0.29, 0.717) is 0 Å². The van der Waals surface area contributed by atoms with Gasteiger partial charge >= 0.3 is 0 Å². The summed E-state index contributed by atoms with van der Waals surface area (Å²) in [5.74, 6) is 8.55. The third kappa shape index (κ3) is 4.80. The van der Waals surface area contributed by atoms with Crippen LogP contribution in [0.5, 0.6) is 0 Å². The van der Waals surface area contributed by atoms with Gasteiger partial charge in [-0.05, 0) is 55.3 Å². The Kier molecular flexibility index (Phi) is 5.97. The molecule has 1 aromatic heterocycles. The highest BCUT2D eigenvalue weighted by Gasteiger charge is 2.21. The predicted molar refractivity (Wildman–Crippen MR) is 124 cm³/mol. The first-order valence-corrected chi connectivity index (χ1v) is 10.2. The summed E-state index contributed by atoms with van der Waals surface area (Å²) in [4.78, 5) is 0. The summed E-state index contributed by atoms with van der Waals surface area (Å²) in [6.45, 7) is 4.06. The van der Waals surface area contributed by atoms with Crippen LogP contribution in [0.15, 0.2) is 107 Å². The predicted octanol–water partition coefficient (Wildman–Crippen LogP) is 7.16. The van der Waals surface area contributed by atoms with Crippen molar-refractivity contribution in [3.05, 3.63) is 136 Å².